The van der Waals surface area contributed by atoms with Crippen LogP contribution in [0, 0.1) is 5.92 Å². The molecule has 0 amide bonds. The molecule has 1 aromatic carbocycles. The SMILES string of the molecule is CC(NCCc1ccc(O)cc1)C1CCOC1. The second-order valence-electron chi connectivity index (χ2n) is 4.78. The van der Waals surface area contributed by atoms with Crippen LogP contribution < -0.4 is 5.32 Å². The van der Waals surface area contributed by atoms with E-state index in [-0.39, 0.29) is 0 Å². The van der Waals surface area contributed by atoms with Gasteiger partial charge in [0.2, 0.25) is 0 Å². The van der Waals surface area contributed by atoms with Gasteiger partial charge in [-0.3, -0.25) is 0 Å². The minimum atomic E-state index is 0.332. The molecule has 2 rings (SSSR count). The van der Waals surface area contributed by atoms with Crippen molar-refractivity contribution in [2.45, 2.75) is 25.8 Å². The van der Waals surface area contributed by atoms with Gasteiger partial charge >= 0.3 is 0 Å². The molecule has 0 spiro atoms. The molecule has 3 nitrogen and oxygen atoms in total. The van der Waals surface area contributed by atoms with E-state index < -0.39 is 0 Å². The second-order valence-corrected chi connectivity index (χ2v) is 4.78. The van der Waals surface area contributed by atoms with Gasteiger partial charge in [0, 0.05) is 12.6 Å². The zero-order chi connectivity index (χ0) is 12.1. The summed E-state index contributed by atoms with van der Waals surface area (Å²) in [4.78, 5) is 0. The molecule has 0 aromatic heterocycles. The van der Waals surface area contributed by atoms with Gasteiger partial charge < -0.3 is 15.2 Å². The summed E-state index contributed by atoms with van der Waals surface area (Å²) in [6.45, 7) is 5.01. The highest BCUT2D eigenvalue weighted by Gasteiger charge is 2.21. The van der Waals surface area contributed by atoms with Crippen LogP contribution in [0.5, 0.6) is 5.75 Å². The Morgan fingerprint density at radius 2 is 2.18 bits per heavy atom. The van der Waals surface area contributed by atoms with E-state index in [4.69, 9.17) is 4.74 Å². The van der Waals surface area contributed by atoms with Gasteiger partial charge in [0.15, 0.2) is 0 Å². The average Bonchev–Trinajstić information content (AvgIpc) is 2.85. The van der Waals surface area contributed by atoms with Gasteiger partial charge in [-0.25, -0.2) is 0 Å². The molecule has 1 fully saturated rings. The third kappa shape index (κ3) is 3.72. The van der Waals surface area contributed by atoms with E-state index in [2.05, 4.69) is 12.2 Å². The predicted molar refractivity (Wildman–Crippen MR) is 68.2 cm³/mol. The van der Waals surface area contributed by atoms with Crippen LogP contribution in [0.1, 0.15) is 18.9 Å². The highest BCUT2D eigenvalue weighted by Crippen LogP contribution is 2.16. The first-order chi connectivity index (χ1) is 8.25. The molecule has 0 bridgehead atoms. The number of phenolic OH excluding ortho intramolecular Hbond substituents is 1. The molecule has 3 heteroatoms. The van der Waals surface area contributed by atoms with Gasteiger partial charge in [-0.15, -0.1) is 0 Å². The van der Waals surface area contributed by atoms with Gasteiger partial charge in [0.1, 0.15) is 5.75 Å². The zero-order valence-corrected chi connectivity index (χ0v) is 10.4. The maximum absolute atomic E-state index is 9.18. The lowest BCUT2D eigenvalue weighted by molar-refractivity contribution is 0.178. The molecule has 0 aliphatic carbocycles. The first kappa shape index (κ1) is 12.4. The maximum atomic E-state index is 9.18. The highest BCUT2D eigenvalue weighted by molar-refractivity contribution is 5.25. The van der Waals surface area contributed by atoms with Gasteiger partial charge in [-0.1, -0.05) is 12.1 Å². The topological polar surface area (TPSA) is 41.5 Å². The Balaban J connectivity index is 1.70. The number of ether oxygens (including phenoxy) is 1. The van der Waals surface area contributed by atoms with Crippen molar-refractivity contribution in [2.75, 3.05) is 19.8 Å². The van der Waals surface area contributed by atoms with Gasteiger partial charge in [-0.05, 0) is 49.9 Å². The number of rotatable bonds is 5. The molecular formula is C14H21NO2. The fourth-order valence-electron chi connectivity index (χ4n) is 2.22. The molecule has 94 valence electrons. The lowest BCUT2D eigenvalue weighted by Crippen LogP contribution is -2.35. The monoisotopic (exact) mass is 235 g/mol. The summed E-state index contributed by atoms with van der Waals surface area (Å²) in [6, 6.07) is 7.95. The number of aromatic hydroxyl groups is 1. The molecular weight excluding hydrogens is 214 g/mol. The van der Waals surface area contributed by atoms with Crippen molar-refractivity contribution in [1.29, 1.82) is 0 Å². The van der Waals surface area contributed by atoms with E-state index in [1.165, 1.54) is 12.0 Å². The van der Waals surface area contributed by atoms with Crippen LogP contribution in [0.3, 0.4) is 0 Å². The Labute approximate surface area is 103 Å². The smallest absolute Gasteiger partial charge is 0.115 e. The van der Waals surface area contributed by atoms with Crippen LogP contribution >= 0.6 is 0 Å². The van der Waals surface area contributed by atoms with E-state index >= 15 is 0 Å². The molecule has 1 aliphatic rings. The summed E-state index contributed by atoms with van der Waals surface area (Å²) in [5.74, 6) is 0.994. The van der Waals surface area contributed by atoms with Crippen LogP contribution in [0.15, 0.2) is 24.3 Å². The number of hydrogen-bond donors (Lipinski definition) is 2. The Hall–Kier alpha value is -1.06. The Kier molecular flexibility index (Phi) is 4.40. The van der Waals surface area contributed by atoms with Crippen LogP contribution in [0.25, 0.3) is 0 Å². The Bertz CT molecular complexity index is 331. The lowest BCUT2D eigenvalue weighted by atomic mass is 10.0. The molecule has 2 unspecified atom stereocenters. The molecule has 0 radical (unpaired) electrons. The van der Waals surface area contributed by atoms with Crippen molar-refractivity contribution < 1.29 is 9.84 Å². The summed E-state index contributed by atoms with van der Waals surface area (Å²) in [6.07, 6.45) is 2.17. The normalized spacial score (nSPS) is 21.6. The lowest BCUT2D eigenvalue weighted by Gasteiger charge is -2.19. The Morgan fingerprint density at radius 3 is 2.82 bits per heavy atom. The van der Waals surface area contributed by atoms with E-state index in [0.717, 1.165) is 26.2 Å². The van der Waals surface area contributed by atoms with E-state index in [9.17, 15) is 5.11 Å². The van der Waals surface area contributed by atoms with Gasteiger partial charge in [-0.2, -0.15) is 0 Å². The van der Waals surface area contributed by atoms with Crippen LogP contribution in [0.4, 0.5) is 0 Å². The quantitative estimate of drug-likeness (QED) is 0.819. The highest BCUT2D eigenvalue weighted by atomic mass is 16.5. The van der Waals surface area contributed by atoms with Crippen LogP contribution in [-0.2, 0) is 11.2 Å². The van der Waals surface area contributed by atoms with Crippen molar-refractivity contribution in [2.24, 2.45) is 5.92 Å². The summed E-state index contributed by atoms with van der Waals surface area (Å²) in [5, 5.41) is 12.7. The second kappa shape index (κ2) is 6.03. The van der Waals surface area contributed by atoms with Crippen molar-refractivity contribution >= 4 is 0 Å². The Morgan fingerprint density at radius 1 is 1.41 bits per heavy atom. The summed E-state index contributed by atoms with van der Waals surface area (Å²) in [5.41, 5.74) is 1.25. The fraction of sp³-hybridized carbons (Fsp3) is 0.571. The average molecular weight is 235 g/mol. The molecule has 2 N–H and O–H groups in total. The molecule has 1 aliphatic heterocycles. The third-order valence-corrected chi connectivity index (χ3v) is 3.49. The summed E-state index contributed by atoms with van der Waals surface area (Å²) in [7, 11) is 0. The minimum absolute atomic E-state index is 0.332. The number of phenols is 1. The maximum Gasteiger partial charge on any atom is 0.115 e. The van der Waals surface area contributed by atoms with Gasteiger partial charge in [0.05, 0.1) is 6.61 Å². The molecule has 17 heavy (non-hydrogen) atoms. The standard InChI is InChI=1S/C14H21NO2/c1-11(13-7-9-17-10-13)15-8-6-12-2-4-14(16)5-3-12/h2-5,11,13,15-16H,6-10H2,1H3. The van der Waals surface area contributed by atoms with Crippen LogP contribution in [-0.4, -0.2) is 30.9 Å². The van der Waals surface area contributed by atoms with Crippen molar-refractivity contribution in [3.05, 3.63) is 29.8 Å². The van der Waals surface area contributed by atoms with Crippen LogP contribution in [0.2, 0.25) is 0 Å². The van der Waals surface area contributed by atoms with E-state index in [1.54, 1.807) is 12.1 Å². The number of hydrogen-bond acceptors (Lipinski definition) is 3. The van der Waals surface area contributed by atoms with Gasteiger partial charge in [0.25, 0.3) is 0 Å². The largest absolute Gasteiger partial charge is 0.508 e. The molecule has 1 saturated heterocycles. The van der Waals surface area contributed by atoms with Crippen molar-refractivity contribution in [1.82, 2.24) is 5.32 Å². The zero-order valence-electron chi connectivity index (χ0n) is 10.4. The van der Waals surface area contributed by atoms with E-state index in [1.807, 2.05) is 12.1 Å². The first-order valence-electron chi connectivity index (χ1n) is 6.35. The third-order valence-electron chi connectivity index (χ3n) is 3.49. The summed E-state index contributed by atoms with van der Waals surface area (Å²) < 4.78 is 5.39. The molecule has 0 saturated carbocycles. The summed E-state index contributed by atoms with van der Waals surface area (Å²) >= 11 is 0. The molecule has 1 heterocycles. The molecule has 2 atom stereocenters. The molecule has 1 aromatic rings. The van der Waals surface area contributed by atoms with Crippen molar-refractivity contribution in [3.8, 4) is 5.75 Å². The minimum Gasteiger partial charge on any atom is -0.508 e. The number of nitrogens with one attached hydrogen (secondary N) is 1. The van der Waals surface area contributed by atoms with E-state index in [0.29, 0.717) is 17.7 Å². The number of benzene rings is 1. The first-order valence-corrected chi connectivity index (χ1v) is 6.35. The van der Waals surface area contributed by atoms with Crippen molar-refractivity contribution in [3.63, 3.8) is 0 Å². The predicted octanol–water partition coefficient (Wildman–Crippen LogP) is 1.95. The fourth-order valence-corrected chi connectivity index (χ4v) is 2.22.